The summed E-state index contributed by atoms with van der Waals surface area (Å²) in [6.07, 6.45) is 13.3. The highest BCUT2D eigenvalue weighted by atomic mass is 16.2. The molecule has 2 atom stereocenters. The Labute approximate surface area is 242 Å². The van der Waals surface area contributed by atoms with Crippen LogP contribution in [0.25, 0.3) is 5.65 Å². The number of imidazole rings is 1. The predicted molar refractivity (Wildman–Crippen MR) is 155 cm³/mol. The molecule has 216 valence electrons. The fourth-order valence-electron chi connectivity index (χ4n) is 4.92. The van der Waals surface area contributed by atoms with Crippen LogP contribution in [-0.2, 0) is 16.1 Å². The van der Waals surface area contributed by atoms with Crippen molar-refractivity contribution in [2.45, 2.75) is 44.6 Å². The SMILES string of the molecule is CNc1cncc(NCc2cn3cc(C4CC4)cc(N4CC(=O)N(C)C4=O)c3n2)n1.Cc1ccnc([C@H]2CC2C=O)n1. The molecule has 1 saturated heterocycles. The van der Waals surface area contributed by atoms with Crippen molar-refractivity contribution in [1.29, 1.82) is 0 Å². The Hall–Kier alpha value is -4.94. The average Bonchev–Trinajstić information content (AvgIpc) is 3.93. The Balaban J connectivity index is 0.000000219. The molecule has 3 fully saturated rings. The second-order valence-electron chi connectivity index (χ2n) is 10.8. The number of hydrogen-bond donors (Lipinski definition) is 2. The minimum Gasteiger partial charge on any atom is -0.372 e. The maximum absolute atomic E-state index is 12.6. The maximum atomic E-state index is 12.6. The number of carbonyl (C=O) groups excluding carboxylic acids is 3. The number of nitrogens with zero attached hydrogens (tertiary/aromatic N) is 8. The highest BCUT2D eigenvalue weighted by Crippen LogP contribution is 2.44. The van der Waals surface area contributed by atoms with Crippen LogP contribution >= 0.6 is 0 Å². The molecule has 5 heterocycles. The van der Waals surface area contributed by atoms with Gasteiger partial charge in [-0.25, -0.2) is 24.7 Å². The summed E-state index contributed by atoms with van der Waals surface area (Å²) in [6.45, 7) is 2.42. The Bertz CT molecular complexity index is 1670. The number of aromatic nitrogens is 6. The average molecular weight is 569 g/mol. The molecule has 1 aliphatic heterocycles. The first-order valence-corrected chi connectivity index (χ1v) is 13.9. The summed E-state index contributed by atoms with van der Waals surface area (Å²) < 4.78 is 1.95. The Kier molecular flexibility index (Phi) is 7.23. The van der Waals surface area contributed by atoms with Gasteiger partial charge in [0.2, 0.25) is 5.91 Å². The molecule has 0 aromatic carbocycles. The number of urea groups is 1. The number of nitrogens with one attached hydrogen (secondary N) is 2. The summed E-state index contributed by atoms with van der Waals surface area (Å²) in [5.41, 5.74) is 4.26. The van der Waals surface area contributed by atoms with Crippen molar-refractivity contribution < 1.29 is 14.4 Å². The highest BCUT2D eigenvalue weighted by Gasteiger charge is 2.40. The Morgan fingerprint density at radius 2 is 1.90 bits per heavy atom. The van der Waals surface area contributed by atoms with Gasteiger partial charge in [0.1, 0.15) is 30.3 Å². The number of aryl methyl sites for hydroxylation is 1. The van der Waals surface area contributed by atoms with Crippen LogP contribution < -0.4 is 15.5 Å². The molecule has 2 N–H and O–H groups in total. The summed E-state index contributed by atoms with van der Waals surface area (Å²) in [7, 11) is 3.30. The lowest BCUT2D eigenvalue weighted by atomic mass is 10.1. The molecule has 0 radical (unpaired) electrons. The second kappa shape index (κ2) is 11.1. The highest BCUT2D eigenvalue weighted by molar-refractivity contribution is 6.13. The van der Waals surface area contributed by atoms with Gasteiger partial charge in [-0.1, -0.05) is 0 Å². The van der Waals surface area contributed by atoms with Gasteiger partial charge in [-0.15, -0.1) is 0 Å². The quantitative estimate of drug-likeness (QED) is 0.240. The molecule has 0 bridgehead atoms. The van der Waals surface area contributed by atoms with Gasteiger partial charge in [0.25, 0.3) is 0 Å². The number of fused-ring (bicyclic) bond motifs is 1. The summed E-state index contributed by atoms with van der Waals surface area (Å²) in [6, 6.07) is 3.54. The standard InChI is InChI=1S/C20H22N8O2.C9H10N2O/c1-21-16-7-22-8-17(25-16)23-6-14-10-27-9-13(12-3-4-12)5-15(19(27)24-14)28-11-18(29)26(2)20(28)30;1-6-2-3-10-9(11-6)8-4-7(8)5-12/h5,7-10,12H,3-4,6,11H2,1-2H3,(H2,21,23,25);2-3,5,7-8H,4H2,1H3/t;7?,8-/m.0/s1. The largest absolute Gasteiger partial charge is 0.372 e. The van der Waals surface area contributed by atoms with Gasteiger partial charge >= 0.3 is 6.03 Å². The smallest absolute Gasteiger partial charge is 0.331 e. The lowest BCUT2D eigenvalue weighted by molar-refractivity contribution is -0.123. The van der Waals surface area contributed by atoms with E-state index in [1.807, 2.05) is 29.7 Å². The van der Waals surface area contributed by atoms with E-state index in [1.54, 1.807) is 25.6 Å². The number of imide groups is 1. The van der Waals surface area contributed by atoms with Crippen LogP contribution in [0, 0.1) is 12.8 Å². The molecule has 3 aliphatic rings. The lowest BCUT2D eigenvalue weighted by Gasteiger charge is -2.17. The number of carbonyl (C=O) groups is 3. The molecule has 13 heteroatoms. The molecule has 7 rings (SSSR count). The van der Waals surface area contributed by atoms with Crippen LogP contribution in [0.1, 0.15) is 53.9 Å². The van der Waals surface area contributed by atoms with E-state index in [4.69, 9.17) is 4.98 Å². The van der Waals surface area contributed by atoms with E-state index in [9.17, 15) is 14.4 Å². The monoisotopic (exact) mass is 568 g/mol. The van der Waals surface area contributed by atoms with Crippen LogP contribution in [0.3, 0.4) is 0 Å². The third kappa shape index (κ3) is 5.62. The zero-order chi connectivity index (χ0) is 29.4. The predicted octanol–water partition coefficient (Wildman–Crippen LogP) is 3.14. The number of anilines is 3. The Morgan fingerprint density at radius 3 is 2.57 bits per heavy atom. The molecule has 0 spiro atoms. The minimum atomic E-state index is -0.323. The number of aldehydes is 1. The van der Waals surface area contributed by atoms with E-state index in [0.29, 0.717) is 41.4 Å². The van der Waals surface area contributed by atoms with Crippen molar-refractivity contribution in [2.75, 3.05) is 36.2 Å². The molecule has 2 saturated carbocycles. The topological polar surface area (TPSA) is 151 Å². The Morgan fingerprint density at radius 1 is 1.10 bits per heavy atom. The first-order valence-electron chi connectivity index (χ1n) is 13.9. The first kappa shape index (κ1) is 27.2. The van der Waals surface area contributed by atoms with Crippen LogP contribution in [0.5, 0.6) is 0 Å². The van der Waals surface area contributed by atoms with Gasteiger partial charge < -0.3 is 19.8 Å². The molecule has 42 heavy (non-hydrogen) atoms. The van der Waals surface area contributed by atoms with E-state index >= 15 is 0 Å². The van der Waals surface area contributed by atoms with E-state index in [-0.39, 0.29) is 24.4 Å². The summed E-state index contributed by atoms with van der Waals surface area (Å²) in [4.78, 5) is 59.4. The summed E-state index contributed by atoms with van der Waals surface area (Å²) in [5.74, 6) is 2.89. The van der Waals surface area contributed by atoms with Crippen molar-refractivity contribution in [3.8, 4) is 0 Å². The van der Waals surface area contributed by atoms with Gasteiger partial charge in [0.05, 0.1) is 30.3 Å². The van der Waals surface area contributed by atoms with Gasteiger partial charge in [-0.3, -0.25) is 19.6 Å². The van der Waals surface area contributed by atoms with Gasteiger partial charge in [-0.2, -0.15) is 0 Å². The van der Waals surface area contributed by atoms with Crippen molar-refractivity contribution >= 4 is 41.2 Å². The minimum absolute atomic E-state index is 0.0337. The van der Waals surface area contributed by atoms with E-state index in [1.165, 1.54) is 11.9 Å². The molecule has 13 nitrogen and oxygen atoms in total. The molecule has 3 amide bonds. The van der Waals surface area contributed by atoms with Crippen molar-refractivity contribution in [3.05, 3.63) is 65.9 Å². The van der Waals surface area contributed by atoms with Gasteiger partial charge in [0.15, 0.2) is 5.65 Å². The molecular weight excluding hydrogens is 536 g/mol. The third-order valence-electron chi connectivity index (χ3n) is 7.63. The zero-order valence-electron chi connectivity index (χ0n) is 23.7. The van der Waals surface area contributed by atoms with Crippen LogP contribution in [0.2, 0.25) is 0 Å². The van der Waals surface area contributed by atoms with Gasteiger partial charge in [0, 0.05) is 50.2 Å². The van der Waals surface area contributed by atoms with Crippen molar-refractivity contribution in [1.82, 2.24) is 34.2 Å². The number of rotatable bonds is 8. The number of likely N-dealkylation sites (N-methyl/N-ethyl adjacent to an activating group) is 1. The zero-order valence-corrected chi connectivity index (χ0v) is 23.7. The summed E-state index contributed by atoms with van der Waals surface area (Å²) >= 11 is 0. The number of amides is 3. The van der Waals surface area contributed by atoms with Crippen LogP contribution in [0.4, 0.5) is 22.1 Å². The molecular formula is C29H32N10O3. The number of hydrogen-bond acceptors (Lipinski definition) is 10. The van der Waals surface area contributed by atoms with E-state index in [2.05, 4.69) is 36.8 Å². The maximum Gasteiger partial charge on any atom is 0.331 e. The van der Waals surface area contributed by atoms with E-state index < -0.39 is 0 Å². The van der Waals surface area contributed by atoms with Crippen LogP contribution in [-0.4, -0.2) is 73.1 Å². The van der Waals surface area contributed by atoms with E-state index in [0.717, 1.165) is 53.2 Å². The van der Waals surface area contributed by atoms with Crippen molar-refractivity contribution in [2.24, 2.45) is 5.92 Å². The summed E-state index contributed by atoms with van der Waals surface area (Å²) in [5, 5.41) is 6.18. The third-order valence-corrected chi connectivity index (χ3v) is 7.63. The molecule has 2 aliphatic carbocycles. The molecule has 4 aromatic heterocycles. The van der Waals surface area contributed by atoms with Gasteiger partial charge in [-0.05, 0) is 49.8 Å². The molecule has 1 unspecified atom stereocenters. The molecule has 4 aromatic rings. The second-order valence-corrected chi connectivity index (χ2v) is 10.8. The normalized spacial score (nSPS) is 19.5. The van der Waals surface area contributed by atoms with Crippen molar-refractivity contribution in [3.63, 3.8) is 0 Å². The number of pyridine rings is 1. The fourth-order valence-corrected chi connectivity index (χ4v) is 4.92. The first-order chi connectivity index (χ1) is 20.3. The van der Waals surface area contributed by atoms with Crippen LogP contribution in [0.15, 0.2) is 43.1 Å². The fraction of sp³-hybridized carbons (Fsp3) is 0.379. The lowest BCUT2D eigenvalue weighted by Crippen LogP contribution is -2.30.